The van der Waals surface area contributed by atoms with Crippen molar-refractivity contribution < 1.29 is 5.11 Å². The van der Waals surface area contributed by atoms with Gasteiger partial charge in [0.05, 0.1) is 5.88 Å². The highest BCUT2D eigenvalue weighted by atomic mass is 35.5. The Kier molecular flexibility index (Phi) is 2.18. The molecule has 13 heavy (non-hydrogen) atoms. The molecule has 1 heterocycles. The number of hydrogen-bond donors (Lipinski definition) is 1. The molecule has 1 aromatic heterocycles. The van der Waals surface area contributed by atoms with Crippen molar-refractivity contribution in [3.8, 4) is 5.75 Å². The average Bonchev–Trinajstić information content (AvgIpc) is 2.42. The predicted octanol–water partition coefficient (Wildman–Crippen LogP) is 3.65. The molecular formula is C10H9ClOS. The maximum absolute atomic E-state index is 9.28. The van der Waals surface area contributed by atoms with Crippen LogP contribution in [0.1, 0.15) is 10.4 Å². The van der Waals surface area contributed by atoms with E-state index in [-0.39, 0.29) is 0 Å². The van der Waals surface area contributed by atoms with Crippen molar-refractivity contribution in [3.05, 3.63) is 28.6 Å². The van der Waals surface area contributed by atoms with Gasteiger partial charge in [-0.05, 0) is 36.1 Å². The van der Waals surface area contributed by atoms with Gasteiger partial charge in [0.1, 0.15) is 5.75 Å². The van der Waals surface area contributed by atoms with Gasteiger partial charge in [-0.3, -0.25) is 0 Å². The molecule has 0 saturated heterocycles. The Bertz CT molecular complexity index is 447. The Morgan fingerprint density at radius 2 is 2.23 bits per heavy atom. The van der Waals surface area contributed by atoms with Crippen molar-refractivity contribution in [1.82, 2.24) is 0 Å². The third-order valence-corrected chi connectivity index (χ3v) is 3.82. The Morgan fingerprint density at radius 3 is 2.92 bits per heavy atom. The summed E-state index contributed by atoms with van der Waals surface area (Å²) in [7, 11) is 0. The van der Waals surface area contributed by atoms with E-state index in [1.165, 1.54) is 15.8 Å². The van der Waals surface area contributed by atoms with Crippen LogP contribution in [0.5, 0.6) is 5.75 Å². The van der Waals surface area contributed by atoms with E-state index < -0.39 is 0 Å². The molecule has 0 aliphatic heterocycles. The van der Waals surface area contributed by atoms with Gasteiger partial charge in [0.15, 0.2) is 0 Å². The number of fused-ring (bicyclic) bond motifs is 1. The second-order valence-corrected chi connectivity index (χ2v) is 4.37. The van der Waals surface area contributed by atoms with Gasteiger partial charge in [0.25, 0.3) is 0 Å². The highest BCUT2D eigenvalue weighted by molar-refractivity contribution is 7.19. The van der Waals surface area contributed by atoms with E-state index in [2.05, 4.69) is 6.92 Å². The summed E-state index contributed by atoms with van der Waals surface area (Å²) in [4.78, 5) is 1.18. The van der Waals surface area contributed by atoms with E-state index in [1.807, 2.05) is 6.07 Å². The van der Waals surface area contributed by atoms with E-state index >= 15 is 0 Å². The number of phenolic OH excluding ortho intramolecular Hbond substituents is 1. The molecular weight excluding hydrogens is 204 g/mol. The molecule has 0 spiro atoms. The highest BCUT2D eigenvalue weighted by Crippen LogP contribution is 2.33. The Hall–Kier alpha value is -0.730. The van der Waals surface area contributed by atoms with Crippen LogP contribution >= 0.6 is 22.9 Å². The molecule has 0 aliphatic rings. The molecule has 0 amide bonds. The summed E-state index contributed by atoms with van der Waals surface area (Å²) in [6, 6.07) is 5.43. The molecule has 0 radical (unpaired) electrons. The van der Waals surface area contributed by atoms with Gasteiger partial charge in [0, 0.05) is 9.58 Å². The molecule has 2 aromatic rings. The first-order valence-corrected chi connectivity index (χ1v) is 5.34. The molecule has 1 aromatic carbocycles. The van der Waals surface area contributed by atoms with Crippen molar-refractivity contribution in [3.63, 3.8) is 0 Å². The molecule has 1 N–H and O–H groups in total. The number of benzene rings is 1. The lowest BCUT2D eigenvalue weighted by atomic mass is 10.1. The van der Waals surface area contributed by atoms with Crippen LogP contribution in [0.25, 0.3) is 10.1 Å². The maximum atomic E-state index is 9.28. The largest absolute Gasteiger partial charge is 0.508 e. The van der Waals surface area contributed by atoms with E-state index in [1.54, 1.807) is 23.5 Å². The quantitative estimate of drug-likeness (QED) is 0.716. The lowest BCUT2D eigenvalue weighted by molar-refractivity contribution is 0.476. The maximum Gasteiger partial charge on any atom is 0.117 e. The highest BCUT2D eigenvalue weighted by Gasteiger charge is 2.07. The molecule has 0 aliphatic carbocycles. The van der Waals surface area contributed by atoms with Crippen molar-refractivity contribution in [2.24, 2.45) is 0 Å². The number of aromatic hydroxyl groups is 1. The molecule has 0 atom stereocenters. The monoisotopic (exact) mass is 212 g/mol. The van der Waals surface area contributed by atoms with Gasteiger partial charge in [-0.25, -0.2) is 0 Å². The summed E-state index contributed by atoms with van der Waals surface area (Å²) in [5, 5.41) is 10.5. The van der Waals surface area contributed by atoms with E-state index in [4.69, 9.17) is 11.6 Å². The van der Waals surface area contributed by atoms with Crippen LogP contribution in [0.3, 0.4) is 0 Å². The van der Waals surface area contributed by atoms with Crippen LogP contribution in [0, 0.1) is 6.92 Å². The predicted molar refractivity (Wildman–Crippen MR) is 57.8 cm³/mol. The fraction of sp³-hybridized carbons (Fsp3) is 0.200. The fourth-order valence-electron chi connectivity index (χ4n) is 1.39. The van der Waals surface area contributed by atoms with Gasteiger partial charge in [-0.1, -0.05) is 0 Å². The standard InChI is InChI=1S/C10H9ClOS/c1-6-8-3-2-7(12)4-9(8)13-10(6)5-11/h2-4,12H,5H2,1H3. The Balaban J connectivity index is 2.76. The number of halogens is 1. The van der Waals surface area contributed by atoms with Crippen molar-refractivity contribution in [2.45, 2.75) is 12.8 Å². The van der Waals surface area contributed by atoms with Crippen LogP contribution in [0.4, 0.5) is 0 Å². The van der Waals surface area contributed by atoms with Gasteiger partial charge in [-0.2, -0.15) is 0 Å². The first-order chi connectivity index (χ1) is 6.22. The molecule has 0 fully saturated rings. The summed E-state index contributed by atoms with van der Waals surface area (Å²) in [6.45, 7) is 2.06. The molecule has 1 nitrogen and oxygen atoms in total. The molecule has 0 bridgehead atoms. The zero-order valence-electron chi connectivity index (χ0n) is 7.17. The fourth-order valence-corrected chi connectivity index (χ4v) is 2.85. The zero-order valence-corrected chi connectivity index (χ0v) is 8.75. The Labute approximate surface area is 85.6 Å². The third-order valence-electron chi connectivity index (χ3n) is 2.14. The van der Waals surface area contributed by atoms with E-state index in [0.29, 0.717) is 11.6 Å². The molecule has 0 saturated carbocycles. The average molecular weight is 213 g/mol. The summed E-state index contributed by atoms with van der Waals surface area (Å²) in [6.07, 6.45) is 0. The van der Waals surface area contributed by atoms with Crippen molar-refractivity contribution in [2.75, 3.05) is 0 Å². The second kappa shape index (κ2) is 3.20. The van der Waals surface area contributed by atoms with Crippen LogP contribution in [-0.4, -0.2) is 5.11 Å². The van der Waals surface area contributed by atoms with Gasteiger partial charge in [0.2, 0.25) is 0 Å². The van der Waals surface area contributed by atoms with E-state index in [0.717, 1.165) is 4.70 Å². The molecule has 0 unspecified atom stereocenters. The number of alkyl halides is 1. The van der Waals surface area contributed by atoms with Crippen molar-refractivity contribution in [1.29, 1.82) is 0 Å². The van der Waals surface area contributed by atoms with E-state index in [9.17, 15) is 5.11 Å². The van der Waals surface area contributed by atoms with Crippen LogP contribution in [-0.2, 0) is 5.88 Å². The topological polar surface area (TPSA) is 20.2 Å². The smallest absolute Gasteiger partial charge is 0.117 e. The van der Waals surface area contributed by atoms with Crippen LogP contribution in [0.15, 0.2) is 18.2 Å². The summed E-state index contributed by atoms with van der Waals surface area (Å²) in [5.74, 6) is 0.862. The number of rotatable bonds is 1. The summed E-state index contributed by atoms with van der Waals surface area (Å²) >= 11 is 7.44. The molecule has 3 heteroatoms. The van der Waals surface area contributed by atoms with Crippen molar-refractivity contribution >= 4 is 33.0 Å². The first kappa shape index (κ1) is 8.85. The Morgan fingerprint density at radius 1 is 1.46 bits per heavy atom. The lowest BCUT2D eigenvalue weighted by Gasteiger charge is -1.92. The molecule has 2 rings (SSSR count). The number of thiophene rings is 1. The zero-order chi connectivity index (χ0) is 9.42. The minimum atomic E-state index is 0.315. The lowest BCUT2D eigenvalue weighted by Crippen LogP contribution is -1.73. The summed E-state index contributed by atoms with van der Waals surface area (Å²) in [5.41, 5.74) is 1.23. The SMILES string of the molecule is Cc1c(CCl)sc2cc(O)ccc12. The van der Waals surface area contributed by atoms with Crippen LogP contribution in [0.2, 0.25) is 0 Å². The third kappa shape index (κ3) is 1.40. The number of aryl methyl sites for hydroxylation is 1. The van der Waals surface area contributed by atoms with Crippen LogP contribution < -0.4 is 0 Å². The first-order valence-electron chi connectivity index (χ1n) is 3.99. The summed E-state index contributed by atoms with van der Waals surface area (Å²) < 4.78 is 1.10. The number of hydrogen-bond acceptors (Lipinski definition) is 2. The van der Waals surface area contributed by atoms with Gasteiger partial charge in [-0.15, -0.1) is 22.9 Å². The minimum absolute atomic E-state index is 0.315. The normalized spacial score (nSPS) is 10.9. The minimum Gasteiger partial charge on any atom is -0.508 e. The molecule has 68 valence electrons. The van der Waals surface area contributed by atoms with Gasteiger partial charge < -0.3 is 5.11 Å². The van der Waals surface area contributed by atoms with Gasteiger partial charge >= 0.3 is 0 Å². The second-order valence-electron chi connectivity index (χ2n) is 2.96. The number of phenols is 1.